The Balaban J connectivity index is 0.000000284. The van der Waals surface area contributed by atoms with Gasteiger partial charge in [0.15, 0.2) is 0 Å². The van der Waals surface area contributed by atoms with Crippen LogP contribution in [-0.4, -0.2) is 92.8 Å². The van der Waals surface area contributed by atoms with Gasteiger partial charge in [0, 0.05) is 42.8 Å². The van der Waals surface area contributed by atoms with Crippen LogP contribution in [0.5, 0.6) is 11.5 Å². The van der Waals surface area contributed by atoms with Gasteiger partial charge in [-0.1, -0.05) is 116 Å². The van der Waals surface area contributed by atoms with Gasteiger partial charge in [0.2, 0.25) is 0 Å². The van der Waals surface area contributed by atoms with Crippen LogP contribution in [0.25, 0.3) is 32.9 Å². The van der Waals surface area contributed by atoms with Crippen LogP contribution >= 0.6 is 11.3 Å². The molecule has 0 atom stereocenters. The van der Waals surface area contributed by atoms with E-state index in [1.807, 2.05) is 30.5 Å². The number of thiazole rings is 1. The summed E-state index contributed by atoms with van der Waals surface area (Å²) in [4.78, 5) is 13.4. The summed E-state index contributed by atoms with van der Waals surface area (Å²) in [6, 6.07) is 24.8. The summed E-state index contributed by atoms with van der Waals surface area (Å²) in [5.74, 6) is 0.571. The Labute approximate surface area is 365 Å². The molecule has 0 spiro atoms. The predicted molar refractivity (Wildman–Crippen MR) is 258 cm³/mol. The molecule has 5 aromatic rings. The molecule has 0 bridgehead atoms. The molecule has 0 unspecified atom stereocenters. The molecule has 2 heterocycles. The van der Waals surface area contributed by atoms with Crippen LogP contribution in [0.15, 0.2) is 85.1 Å². The molecule has 9 nitrogen and oxygen atoms in total. The minimum absolute atomic E-state index is 0.211. The standard InChI is InChI=1S/C16H17NO.C15H14N2OS.C10H23NO.C9H21NO/c1-2-17-15-9-5-13(6-10-15)3-4-14-7-11-16(18)12-8-14;1-2-3-11-5-4-10(9-16-11)15-17-13-7-6-12(18)8-14(13)19-15;1-3-5-6-7-8-11(4-2)9-10-12;1-3-5-6-7-8-10(4-2)9-11/h3-12,17-18H,2H2,1H3;4-9,18H,2-3H2,1H3;12H,3-10H2,1-2H3;11H,3-9H2,1-2H3/b4-3+;;;. The molecule has 0 aliphatic heterocycles. The van der Waals surface area contributed by atoms with Crippen molar-refractivity contribution >= 4 is 39.4 Å². The molecular formula is C50H75N5O4S. The van der Waals surface area contributed by atoms with Gasteiger partial charge in [-0.3, -0.25) is 9.88 Å². The van der Waals surface area contributed by atoms with E-state index in [-0.39, 0.29) is 12.5 Å². The Morgan fingerprint density at radius 3 is 1.75 bits per heavy atom. The Morgan fingerprint density at radius 2 is 1.23 bits per heavy atom. The number of anilines is 1. The summed E-state index contributed by atoms with van der Waals surface area (Å²) in [7, 11) is 0. The van der Waals surface area contributed by atoms with Crippen LogP contribution in [0.4, 0.5) is 5.69 Å². The number of aliphatic hydroxyl groups is 2. The highest BCUT2D eigenvalue weighted by Gasteiger charge is 2.07. The zero-order valence-corrected chi connectivity index (χ0v) is 38.3. The van der Waals surface area contributed by atoms with Crippen molar-refractivity contribution in [3.05, 3.63) is 102 Å². The van der Waals surface area contributed by atoms with Crippen molar-refractivity contribution in [1.29, 1.82) is 0 Å². The van der Waals surface area contributed by atoms with Gasteiger partial charge in [0.25, 0.3) is 0 Å². The van der Waals surface area contributed by atoms with Gasteiger partial charge in [-0.2, -0.15) is 0 Å². The van der Waals surface area contributed by atoms with Crippen LogP contribution in [-0.2, 0) is 6.42 Å². The van der Waals surface area contributed by atoms with Crippen LogP contribution < -0.4 is 5.32 Å². The number of pyridine rings is 1. The average Bonchev–Trinajstić information content (AvgIpc) is 3.70. The SMILES string of the molecule is CCCCCCN(CC)CCO.CCCCCCN(CC)CO.CCCc1ccc(-c2nc3ccc(O)cc3s2)cn1.CCNc1ccc(/C=C/c2ccc(O)cc2)cc1. The molecule has 0 fully saturated rings. The summed E-state index contributed by atoms with van der Waals surface area (Å²) >= 11 is 1.57. The molecule has 5 N–H and O–H groups in total. The summed E-state index contributed by atoms with van der Waals surface area (Å²) in [5.41, 5.74) is 6.42. The third-order valence-corrected chi connectivity index (χ3v) is 10.8. The molecule has 0 aliphatic rings. The van der Waals surface area contributed by atoms with Gasteiger partial charge in [-0.25, -0.2) is 4.98 Å². The number of phenolic OH excluding ortho intramolecular Hbond substituents is 2. The van der Waals surface area contributed by atoms with Crippen molar-refractivity contribution in [3.8, 4) is 22.1 Å². The van der Waals surface area contributed by atoms with Gasteiger partial charge >= 0.3 is 0 Å². The zero-order valence-electron chi connectivity index (χ0n) is 37.5. The van der Waals surface area contributed by atoms with Gasteiger partial charge in [0.05, 0.1) is 23.6 Å². The first-order chi connectivity index (χ1) is 29.2. The highest BCUT2D eigenvalue weighted by Crippen LogP contribution is 2.31. The predicted octanol–water partition coefficient (Wildman–Crippen LogP) is 11.7. The number of unbranched alkanes of at least 4 members (excludes halogenated alkanes) is 6. The molecule has 0 aliphatic carbocycles. The van der Waals surface area contributed by atoms with Gasteiger partial charge in [-0.15, -0.1) is 11.3 Å². The maximum Gasteiger partial charge on any atom is 0.126 e. The normalized spacial score (nSPS) is 10.9. The topological polar surface area (TPSA) is 125 Å². The zero-order chi connectivity index (χ0) is 43.8. The quantitative estimate of drug-likeness (QED) is 0.0263. The number of likely N-dealkylation sites (N-methyl/N-ethyl adjacent to an activating group) is 1. The first-order valence-corrected chi connectivity index (χ1v) is 23.1. The number of aryl methyl sites for hydroxylation is 1. The molecule has 0 amide bonds. The fourth-order valence-electron chi connectivity index (χ4n) is 6.11. The summed E-state index contributed by atoms with van der Waals surface area (Å²) in [6.45, 7) is 19.4. The van der Waals surface area contributed by atoms with Gasteiger partial charge < -0.3 is 30.6 Å². The monoisotopic (exact) mass is 842 g/mol. The van der Waals surface area contributed by atoms with Crippen molar-refractivity contribution in [2.24, 2.45) is 0 Å². The molecule has 0 radical (unpaired) electrons. The lowest BCUT2D eigenvalue weighted by molar-refractivity contribution is 0.111. The number of rotatable bonds is 22. The van der Waals surface area contributed by atoms with E-state index < -0.39 is 0 Å². The largest absolute Gasteiger partial charge is 0.508 e. The van der Waals surface area contributed by atoms with E-state index in [4.69, 9.17) is 10.2 Å². The van der Waals surface area contributed by atoms with Crippen molar-refractivity contribution in [2.75, 3.05) is 57.9 Å². The molecule has 10 heteroatoms. The van der Waals surface area contributed by atoms with E-state index in [1.54, 1.807) is 35.6 Å². The van der Waals surface area contributed by atoms with Crippen molar-refractivity contribution < 1.29 is 20.4 Å². The molecule has 0 saturated carbocycles. The second kappa shape index (κ2) is 32.5. The molecule has 330 valence electrons. The number of benzene rings is 3. The fourth-order valence-corrected chi connectivity index (χ4v) is 7.10. The molecule has 0 saturated heterocycles. The fraction of sp³-hybridized carbons (Fsp3) is 0.480. The number of aromatic hydroxyl groups is 2. The maximum atomic E-state index is 9.47. The van der Waals surface area contributed by atoms with E-state index in [1.165, 1.54) is 51.4 Å². The van der Waals surface area contributed by atoms with E-state index in [9.17, 15) is 10.2 Å². The smallest absolute Gasteiger partial charge is 0.126 e. The Bertz CT molecular complexity index is 1810. The number of nitrogens with one attached hydrogen (secondary N) is 1. The van der Waals surface area contributed by atoms with Crippen LogP contribution in [0, 0.1) is 0 Å². The number of hydrogen-bond donors (Lipinski definition) is 5. The third-order valence-electron chi connectivity index (χ3n) is 9.77. The Hall–Kier alpha value is -4.32. The number of phenols is 2. The highest BCUT2D eigenvalue weighted by atomic mass is 32.1. The Kier molecular flexibility index (Phi) is 28.0. The van der Waals surface area contributed by atoms with Crippen LogP contribution in [0.1, 0.15) is 116 Å². The number of aliphatic hydroxyl groups excluding tert-OH is 2. The first-order valence-electron chi connectivity index (χ1n) is 22.3. The van der Waals surface area contributed by atoms with E-state index in [0.29, 0.717) is 12.4 Å². The van der Waals surface area contributed by atoms with E-state index >= 15 is 0 Å². The number of aromatic nitrogens is 2. The second-order valence-corrected chi connectivity index (χ2v) is 15.7. The number of hydrogen-bond acceptors (Lipinski definition) is 10. The average molecular weight is 842 g/mol. The minimum Gasteiger partial charge on any atom is -0.508 e. The number of fused-ring (bicyclic) bond motifs is 1. The minimum atomic E-state index is 0.211. The molecular weight excluding hydrogens is 767 g/mol. The molecule has 60 heavy (non-hydrogen) atoms. The molecule has 3 aromatic carbocycles. The summed E-state index contributed by atoms with van der Waals surface area (Å²) in [6.07, 6.45) is 18.5. The van der Waals surface area contributed by atoms with Crippen molar-refractivity contribution in [1.82, 2.24) is 19.8 Å². The number of nitrogens with zero attached hydrogens (tertiary/aromatic N) is 4. The summed E-state index contributed by atoms with van der Waals surface area (Å²) in [5, 5.41) is 40.4. The van der Waals surface area contributed by atoms with Gasteiger partial charge in [0.1, 0.15) is 16.5 Å². The lowest BCUT2D eigenvalue weighted by Crippen LogP contribution is -2.27. The lowest BCUT2D eigenvalue weighted by atomic mass is 10.1. The van der Waals surface area contributed by atoms with Crippen LogP contribution in [0.2, 0.25) is 0 Å². The third kappa shape index (κ3) is 21.8. The van der Waals surface area contributed by atoms with E-state index in [2.05, 4.69) is 109 Å². The van der Waals surface area contributed by atoms with E-state index in [0.717, 1.165) is 95.4 Å². The van der Waals surface area contributed by atoms with Crippen molar-refractivity contribution in [3.63, 3.8) is 0 Å². The van der Waals surface area contributed by atoms with Crippen molar-refractivity contribution in [2.45, 2.75) is 106 Å². The highest BCUT2D eigenvalue weighted by molar-refractivity contribution is 7.21. The summed E-state index contributed by atoms with van der Waals surface area (Å²) < 4.78 is 0.993. The molecule has 2 aromatic heterocycles. The molecule has 5 rings (SSSR count). The maximum absolute atomic E-state index is 9.47. The Morgan fingerprint density at radius 1 is 0.633 bits per heavy atom. The lowest BCUT2D eigenvalue weighted by Gasteiger charge is -2.18. The first kappa shape index (κ1) is 51.8. The van der Waals surface area contributed by atoms with Crippen LogP contribution in [0.3, 0.4) is 0 Å². The van der Waals surface area contributed by atoms with Gasteiger partial charge in [-0.05, 0) is 112 Å². The second-order valence-electron chi connectivity index (χ2n) is 14.7.